The summed E-state index contributed by atoms with van der Waals surface area (Å²) >= 11 is 6.07. The van der Waals surface area contributed by atoms with Gasteiger partial charge in [-0.25, -0.2) is 13.2 Å². The van der Waals surface area contributed by atoms with Crippen LogP contribution in [0.15, 0.2) is 48.5 Å². The minimum Gasteiger partial charge on any atom is -0.348 e. The van der Waals surface area contributed by atoms with Gasteiger partial charge in [0.05, 0.1) is 11.5 Å². The lowest BCUT2D eigenvalue weighted by Crippen LogP contribution is -2.38. The third-order valence-corrected chi connectivity index (χ3v) is 6.51. The molecule has 1 heterocycles. The van der Waals surface area contributed by atoms with Gasteiger partial charge in [0.15, 0.2) is 9.84 Å². The van der Waals surface area contributed by atoms with E-state index in [-0.39, 0.29) is 23.5 Å². The van der Waals surface area contributed by atoms with Crippen LogP contribution >= 0.6 is 11.6 Å². The number of carbonyl (C=O) groups is 2. The van der Waals surface area contributed by atoms with Gasteiger partial charge in [-0.05, 0) is 42.3 Å². The van der Waals surface area contributed by atoms with Crippen molar-refractivity contribution in [3.8, 4) is 0 Å². The minimum atomic E-state index is -3.05. The van der Waals surface area contributed by atoms with Gasteiger partial charge < -0.3 is 16.0 Å². The topological polar surface area (TPSA) is 104 Å². The van der Waals surface area contributed by atoms with Crippen LogP contribution in [0.5, 0.6) is 0 Å². The molecule has 1 atom stereocenters. The first-order valence-electron chi connectivity index (χ1n) is 8.72. The predicted molar refractivity (Wildman–Crippen MR) is 108 cm³/mol. The van der Waals surface area contributed by atoms with Gasteiger partial charge in [-0.2, -0.15) is 0 Å². The normalized spacial score (nSPS) is 17.7. The molecule has 28 heavy (non-hydrogen) atoms. The SMILES string of the molecule is O=C(Nc1ccc(C(=O)NCc2ccccc2Cl)cc1)NC1CCS(=O)(=O)C1. The molecule has 2 aromatic carbocycles. The van der Waals surface area contributed by atoms with E-state index in [4.69, 9.17) is 11.6 Å². The number of hydrogen-bond acceptors (Lipinski definition) is 4. The maximum Gasteiger partial charge on any atom is 0.319 e. The average Bonchev–Trinajstić information content (AvgIpc) is 2.99. The van der Waals surface area contributed by atoms with Crippen molar-refractivity contribution in [2.24, 2.45) is 0 Å². The fourth-order valence-corrected chi connectivity index (χ4v) is 4.76. The van der Waals surface area contributed by atoms with Crippen molar-refractivity contribution in [3.05, 3.63) is 64.7 Å². The quantitative estimate of drug-likeness (QED) is 0.690. The highest BCUT2D eigenvalue weighted by Gasteiger charge is 2.28. The van der Waals surface area contributed by atoms with E-state index in [0.717, 1.165) is 5.56 Å². The second kappa shape index (κ2) is 8.62. The molecule has 1 fully saturated rings. The number of sulfone groups is 1. The number of benzene rings is 2. The van der Waals surface area contributed by atoms with Crippen LogP contribution in [0, 0.1) is 0 Å². The highest BCUT2D eigenvalue weighted by molar-refractivity contribution is 7.91. The van der Waals surface area contributed by atoms with E-state index in [9.17, 15) is 18.0 Å². The molecule has 1 aliphatic rings. The Kier molecular flexibility index (Phi) is 6.21. The molecule has 0 spiro atoms. The van der Waals surface area contributed by atoms with Crippen LogP contribution in [0.2, 0.25) is 5.02 Å². The van der Waals surface area contributed by atoms with Crippen molar-refractivity contribution < 1.29 is 18.0 Å². The monoisotopic (exact) mass is 421 g/mol. The zero-order valence-corrected chi connectivity index (χ0v) is 16.5. The van der Waals surface area contributed by atoms with Crippen molar-refractivity contribution >= 4 is 39.1 Å². The van der Waals surface area contributed by atoms with Gasteiger partial charge in [0.1, 0.15) is 0 Å². The number of urea groups is 1. The van der Waals surface area contributed by atoms with Crippen LogP contribution in [-0.2, 0) is 16.4 Å². The maximum absolute atomic E-state index is 12.2. The summed E-state index contributed by atoms with van der Waals surface area (Å²) < 4.78 is 22.9. The van der Waals surface area contributed by atoms with Gasteiger partial charge in [-0.3, -0.25) is 4.79 Å². The Morgan fingerprint density at radius 3 is 2.43 bits per heavy atom. The maximum atomic E-state index is 12.2. The van der Waals surface area contributed by atoms with Crippen LogP contribution in [0.3, 0.4) is 0 Å². The summed E-state index contributed by atoms with van der Waals surface area (Å²) in [6.45, 7) is 0.311. The second-order valence-corrected chi connectivity index (χ2v) is 9.19. The molecule has 2 aromatic rings. The molecule has 7 nitrogen and oxygen atoms in total. The Morgan fingerprint density at radius 1 is 1.07 bits per heavy atom. The van der Waals surface area contributed by atoms with Crippen molar-refractivity contribution in [1.29, 1.82) is 0 Å². The van der Waals surface area contributed by atoms with E-state index in [2.05, 4.69) is 16.0 Å². The summed E-state index contributed by atoms with van der Waals surface area (Å²) in [4.78, 5) is 24.2. The molecular formula is C19H20ClN3O4S. The van der Waals surface area contributed by atoms with Crippen LogP contribution in [0.25, 0.3) is 0 Å². The highest BCUT2D eigenvalue weighted by Crippen LogP contribution is 2.15. The standard InChI is InChI=1S/C19H20ClN3O4S/c20-17-4-2-1-3-14(17)11-21-18(24)13-5-7-15(8-6-13)22-19(25)23-16-9-10-28(26,27)12-16/h1-8,16H,9-12H2,(H,21,24)(H2,22,23,25). The first kappa shape index (κ1) is 20.2. The van der Waals surface area contributed by atoms with Gasteiger partial charge in [0.25, 0.3) is 5.91 Å². The third kappa shape index (κ3) is 5.46. The molecule has 1 saturated heterocycles. The molecule has 9 heteroatoms. The molecule has 1 unspecified atom stereocenters. The molecule has 3 N–H and O–H groups in total. The van der Waals surface area contributed by atoms with Gasteiger partial charge in [-0.1, -0.05) is 29.8 Å². The zero-order chi connectivity index (χ0) is 20.1. The van der Waals surface area contributed by atoms with Gasteiger partial charge >= 0.3 is 6.03 Å². The van der Waals surface area contributed by atoms with Crippen LogP contribution < -0.4 is 16.0 Å². The molecule has 0 aliphatic carbocycles. The minimum absolute atomic E-state index is 0.0367. The highest BCUT2D eigenvalue weighted by atomic mass is 35.5. The van der Waals surface area contributed by atoms with Crippen LogP contribution in [0.1, 0.15) is 22.3 Å². The molecular weight excluding hydrogens is 402 g/mol. The van der Waals surface area contributed by atoms with Gasteiger partial charge in [0, 0.05) is 28.9 Å². The summed E-state index contributed by atoms with van der Waals surface area (Å²) in [5.41, 5.74) is 1.77. The summed E-state index contributed by atoms with van der Waals surface area (Å²) in [7, 11) is -3.05. The summed E-state index contributed by atoms with van der Waals surface area (Å²) in [6, 6.07) is 12.8. The van der Waals surface area contributed by atoms with E-state index in [1.54, 1.807) is 30.3 Å². The number of rotatable bonds is 5. The number of anilines is 1. The van der Waals surface area contributed by atoms with Crippen molar-refractivity contribution in [2.75, 3.05) is 16.8 Å². The third-order valence-electron chi connectivity index (χ3n) is 4.37. The summed E-state index contributed by atoms with van der Waals surface area (Å²) in [6.07, 6.45) is 0.417. The Bertz CT molecular complexity index is 977. The summed E-state index contributed by atoms with van der Waals surface area (Å²) in [5, 5.41) is 8.66. The summed E-state index contributed by atoms with van der Waals surface area (Å²) in [5.74, 6) is -0.201. The lowest BCUT2D eigenvalue weighted by atomic mass is 10.1. The second-order valence-electron chi connectivity index (χ2n) is 6.55. The molecule has 0 aromatic heterocycles. The van der Waals surface area contributed by atoms with E-state index in [0.29, 0.717) is 29.2 Å². The first-order chi connectivity index (χ1) is 13.3. The number of amides is 3. The number of hydrogen-bond donors (Lipinski definition) is 3. The zero-order valence-electron chi connectivity index (χ0n) is 14.9. The number of carbonyl (C=O) groups excluding carboxylic acids is 2. The largest absolute Gasteiger partial charge is 0.348 e. The fraction of sp³-hybridized carbons (Fsp3) is 0.263. The fourth-order valence-electron chi connectivity index (χ4n) is 2.89. The molecule has 1 aliphatic heterocycles. The molecule has 3 amide bonds. The number of halogens is 1. The Morgan fingerprint density at radius 2 is 1.79 bits per heavy atom. The molecule has 0 radical (unpaired) electrons. The lowest BCUT2D eigenvalue weighted by molar-refractivity contribution is 0.0951. The van der Waals surface area contributed by atoms with E-state index in [1.165, 1.54) is 0 Å². The van der Waals surface area contributed by atoms with Crippen molar-refractivity contribution in [1.82, 2.24) is 10.6 Å². The first-order valence-corrected chi connectivity index (χ1v) is 10.9. The van der Waals surface area contributed by atoms with E-state index >= 15 is 0 Å². The van der Waals surface area contributed by atoms with Crippen LogP contribution in [0.4, 0.5) is 10.5 Å². The molecule has 3 rings (SSSR count). The predicted octanol–water partition coefficient (Wildman–Crippen LogP) is 2.58. The van der Waals surface area contributed by atoms with Crippen LogP contribution in [-0.4, -0.2) is 37.9 Å². The van der Waals surface area contributed by atoms with Gasteiger partial charge in [-0.15, -0.1) is 0 Å². The van der Waals surface area contributed by atoms with Crippen molar-refractivity contribution in [3.63, 3.8) is 0 Å². The average molecular weight is 422 g/mol. The Labute approximate surface area is 168 Å². The van der Waals surface area contributed by atoms with Crippen molar-refractivity contribution in [2.45, 2.75) is 19.0 Å². The lowest BCUT2D eigenvalue weighted by Gasteiger charge is -2.12. The Balaban J connectivity index is 1.51. The molecule has 0 bridgehead atoms. The number of nitrogens with one attached hydrogen (secondary N) is 3. The van der Waals surface area contributed by atoms with E-state index < -0.39 is 15.9 Å². The molecule has 148 valence electrons. The smallest absolute Gasteiger partial charge is 0.319 e. The van der Waals surface area contributed by atoms with Gasteiger partial charge in [0.2, 0.25) is 0 Å². The molecule has 0 saturated carbocycles. The van der Waals surface area contributed by atoms with E-state index in [1.807, 2.05) is 18.2 Å². The Hall–Kier alpha value is -2.58.